The lowest BCUT2D eigenvalue weighted by atomic mass is 10.1. The van der Waals surface area contributed by atoms with Crippen LogP contribution in [0.25, 0.3) is 11.1 Å². The molecule has 0 saturated heterocycles. The standard InChI is InChI=1S/C18H16ClN3O5S2/c1-27-17-6-5-13(10-15(17)19)12-3-2-4-14(9-12)29(25,26)22-16-7-8-21-11-18(16)28(20,23)24/h2-11H,1H3,(H,21,22)(H2,20,23,24). The normalized spacial score (nSPS) is 11.8. The third-order valence-electron chi connectivity index (χ3n) is 3.96. The molecule has 0 bridgehead atoms. The average Bonchev–Trinajstić information content (AvgIpc) is 2.67. The van der Waals surface area contributed by atoms with Gasteiger partial charge in [-0.15, -0.1) is 0 Å². The van der Waals surface area contributed by atoms with Gasteiger partial charge in [-0.2, -0.15) is 0 Å². The van der Waals surface area contributed by atoms with Crippen LogP contribution in [0.2, 0.25) is 5.02 Å². The summed E-state index contributed by atoms with van der Waals surface area (Å²) in [6.07, 6.45) is 2.23. The van der Waals surface area contributed by atoms with Gasteiger partial charge in [-0.25, -0.2) is 22.0 Å². The number of ether oxygens (including phenoxy) is 1. The van der Waals surface area contributed by atoms with Gasteiger partial charge in [0.1, 0.15) is 10.6 Å². The molecule has 29 heavy (non-hydrogen) atoms. The molecule has 1 heterocycles. The number of hydrogen-bond acceptors (Lipinski definition) is 6. The number of nitrogens with two attached hydrogens (primary N) is 1. The Kier molecular flexibility index (Phi) is 5.80. The molecule has 0 atom stereocenters. The van der Waals surface area contributed by atoms with Crippen LogP contribution < -0.4 is 14.6 Å². The first kappa shape index (κ1) is 21.1. The molecule has 3 rings (SSSR count). The molecule has 3 N–H and O–H groups in total. The fraction of sp³-hybridized carbons (Fsp3) is 0.0556. The highest BCUT2D eigenvalue weighted by Crippen LogP contribution is 2.31. The van der Waals surface area contributed by atoms with E-state index in [4.69, 9.17) is 21.5 Å². The first-order chi connectivity index (χ1) is 13.6. The number of pyridine rings is 1. The van der Waals surface area contributed by atoms with Crippen LogP contribution >= 0.6 is 11.6 Å². The van der Waals surface area contributed by atoms with Crippen LogP contribution in [0.1, 0.15) is 0 Å². The van der Waals surface area contributed by atoms with E-state index in [1.807, 2.05) is 0 Å². The summed E-state index contributed by atoms with van der Waals surface area (Å²) in [5.74, 6) is 0.495. The summed E-state index contributed by atoms with van der Waals surface area (Å²) in [7, 11) is -6.78. The number of primary sulfonamides is 1. The molecule has 0 aliphatic carbocycles. The topological polar surface area (TPSA) is 128 Å². The van der Waals surface area contributed by atoms with Crippen LogP contribution in [-0.2, 0) is 20.0 Å². The van der Waals surface area contributed by atoms with Crippen molar-refractivity contribution >= 4 is 37.3 Å². The summed E-state index contributed by atoms with van der Waals surface area (Å²) in [5, 5.41) is 5.51. The molecule has 0 fully saturated rings. The van der Waals surface area contributed by atoms with Crippen molar-refractivity contribution in [2.24, 2.45) is 5.14 Å². The van der Waals surface area contributed by atoms with Crippen molar-refractivity contribution in [2.45, 2.75) is 9.79 Å². The van der Waals surface area contributed by atoms with Gasteiger partial charge in [-0.3, -0.25) is 9.71 Å². The van der Waals surface area contributed by atoms with Crippen LogP contribution in [0, 0.1) is 0 Å². The van der Waals surface area contributed by atoms with E-state index in [1.54, 1.807) is 30.3 Å². The first-order valence-electron chi connectivity index (χ1n) is 8.05. The second-order valence-corrected chi connectivity index (χ2v) is 9.52. The van der Waals surface area contributed by atoms with Gasteiger partial charge in [-0.05, 0) is 41.5 Å². The second kappa shape index (κ2) is 7.99. The van der Waals surface area contributed by atoms with E-state index < -0.39 is 24.9 Å². The number of halogens is 1. The zero-order chi connectivity index (χ0) is 21.2. The quantitative estimate of drug-likeness (QED) is 0.590. The predicted octanol–water partition coefficient (Wildman–Crippen LogP) is 2.86. The van der Waals surface area contributed by atoms with Crippen molar-refractivity contribution < 1.29 is 21.6 Å². The number of anilines is 1. The lowest BCUT2D eigenvalue weighted by molar-refractivity contribution is 0.415. The number of rotatable bonds is 6. The number of benzene rings is 2. The van der Waals surface area contributed by atoms with E-state index in [0.29, 0.717) is 21.9 Å². The minimum absolute atomic E-state index is 0.0703. The molecule has 0 amide bonds. The Morgan fingerprint density at radius 2 is 1.76 bits per heavy atom. The van der Waals surface area contributed by atoms with Gasteiger partial charge in [0.25, 0.3) is 10.0 Å². The Labute approximate surface area is 173 Å². The van der Waals surface area contributed by atoms with Crippen LogP contribution in [0.5, 0.6) is 5.75 Å². The van der Waals surface area contributed by atoms with Gasteiger partial charge in [0.05, 0.1) is 22.7 Å². The van der Waals surface area contributed by atoms with E-state index in [9.17, 15) is 16.8 Å². The van der Waals surface area contributed by atoms with Crippen molar-refractivity contribution in [3.63, 3.8) is 0 Å². The van der Waals surface area contributed by atoms with Gasteiger partial charge in [0.2, 0.25) is 10.0 Å². The average molecular weight is 454 g/mol. The molecule has 0 aliphatic heterocycles. The van der Waals surface area contributed by atoms with Crippen LogP contribution in [0.15, 0.2) is 70.7 Å². The largest absolute Gasteiger partial charge is 0.495 e. The first-order valence-corrected chi connectivity index (χ1v) is 11.5. The molecule has 0 aliphatic rings. The molecule has 3 aromatic rings. The summed E-state index contributed by atoms with van der Waals surface area (Å²) in [5.41, 5.74) is 1.08. The van der Waals surface area contributed by atoms with Gasteiger partial charge >= 0.3 is 0 Å². The lowest BCUT2D eigenvalue weighted by Crippen LogP contribution is -2.19. The van der Waals surface area contributed by atoms with Crippen molar-refractivity contribution in [3.05, 3.63) is 65.9 Å². The summed E-state index contributed by atoms with van der Waals surface area (Å²) in [6, 6.07) is 12.4. The molecule has 1 aromatic heterocycles. The van der Waals surface area contributed by atoms with Crippen molar-refractivity contribution in [2.75, 3.05) is 11.8 Å². The smallest absolute Gasteiger partial charge is 0.261 e. The summed E-state index contributed by atoms with van der Waals surface area (Å²) < 4.78 is 56.4. The Bertz CT molecular complexity index is 1280. The number of sulfonamides is 2. The molecular weight excluding hydrogens is 438 g/mol. The number of nitrogens with zero attached hydrogens (tertiary/aromatic N) is 1. The van der Waals surface area contributed by atoms with Crippen molar-refractivity contribution in [1.29, 1.82) is 0 Å². The highest BCUT2D eigenvalue weighted by Gasteiger charge is 2.21. The summed E-state index contributed by atoms with van der Waals surface area (Å²) in [4.78, 5) is 3.17. The minimum atomic E-state index is -4.17. The Balaban J connectivity index is 2.00. The Hall–Kier alpha value is -2.66. The molecule has 0 unspecified atom stereocenters. The fourth-order valence-corrected chi connectivity index (χ4v) is 4.66. The predicted molar refractivity (Wildman–Crippen MR) is 110 cm³/mol. The molecule has 0 radical (unpaired) electrons. The lowest BCUT2D eigenvalue weighted by Gasteiger charge is -2.12. The van der Waals surface area contributed by atoms with E-state index in [2.05, 4.69) is 9.71 Å². The monoisotopic (exact) mass is 453 g/mol. The minimum Gasteiger partial charge on any atom is -0.495 e. The number of methoxy groups -OCH3 is 1. The van der Waals surface area contributed by atoms with E-state index in [1.165, 1.54) is 31.5 Å². The van der Waals surface area contributed by atoms with Crippen LogP contribution in [0.3, 0.4) is 0 Å². The number of aromatic nitrogens is 1. The van der Waals surface area contributed by atoms with Gasteiger partial charge in [0, 0.05) is 12.4 Å². The van der Waals surface area contributed by atoms with Crippen molar-refractivity contribution in [3.8, 4) is 16.9 Å². The fourth-order valence-electron chi connectivity index (χ4n) is 2.58. The molecule has 11 heteroatoms. The Morgan fingerprint density at radius 3 is 2.41 bits per heavy atom. The maximum absolute atomic E-state index is 12.8. The molecule has 2 aromatic carbocycles. The second-order valence-electron chi connectivity index (χ2n) is 5.90. The molecule has 152 valence electrons. The summed E-state index contributed by atoms with van der Waals surface area (Å²) in [6.45, 7) is 0. The van der Waals surface area contributed by atoms with Crippen LogP contribution in [0.4, 0.5) is 5.69 Å². The molecule has 0 saturated carbocycles. The van der Waals surface area contributed by atoms with Crippen LogP contribution in [-0.4, -0.2) is 28.9 Å². The van der Waals surface area contributed by atoms with E-state index >= 15 is 0 Å². The maximum Gasteiger partial charge on any atom is 0.261 e. The maximum atomic E-state index is 12.8. The SMILES string of the molecule is COc1ccc(-c2cccc(S(=O)(=O)Nc3ccncc3S(N)(=O)=O)c2)cc1Cl. The van der Waals surface area contributed by atoms with E-state index in [0.717, 1.165) is 6.20 Å². The van der Waals surface area contributed by atoms with Gasteiger partial charge in [-0.1, -0.05) is 29.8 Å². The third-order valence-corrected chi connectivity index (χ3v) is 6.56. The highest BCUT2D eigenvalue weighted by atomic mass is 35.5. The Morgan fingerprint density at radius 1 is 1.03 bits per heavy atom. The zero-order valence-corrected chi connectivity index (χ0v) is 17.4. The summed E-state index contributed by atoms with van der Waals surface area (Å²) >= 11 is 6.15. The highest BCUT2D eigenvalue weighted by molar-refractivity contribution is 7.93. The molecule has 0 spiro atoms. The number of hydrogen-bond donors (Lipinski definition) is 2. The van der Waals surface area contributed by atoms with Gasteiger partial charge in [0.15, 0.2) is 0 Å². The van der Waals surface area contributed by atoms with Crippen molar-refractivity contribution in [1.82, 2.24) is 4.98 Å². The van der Waals surface area contributed by atoms with E-state index in [-0.39, 0.29) is 10.6 Å². The zero-order valence-electron chi connectivity index (χ0n) is 15.0. The molecular formula is C18H16ClN3O5S2. The third kappa shape index (κ3) is 4.67. The van der Waals surface area contributed by atoms with Gasteiger partial charge < -0.3 is 4.74 Å². The number of nitrogens with one attached hydrogen (secondary N) is 1. The molecule has 8 nitrogen and oxygen atoms in total.